The van der Waals surface area contributed by atoms with Crippen molar-refractivity contribution in [2.24, 2.45) is 5.73 Å². The molecule has 0 aromatic carbocycles. The van der Waals surface area contributed by atoms with E-state index in [1.807, 2.05) is 0 Å². The van der Waals surface area contributed by atoms with Gasteiger partial charge < -0.3 is 10.5 Å². The van der Waals surface area contributed by atoms with Crippen LogP contribution in [0, 0.1) is 0 Å². The molecule has 2 rings (SSSR count). The lowest BCUT2D eigenvalue weighted by molar-refractivity contribution is 0.0846. The summed E-state index contributed by atoms with van der Waals surface area (Å²) >= 11 is 6.52. The number of aromatic nitrogens is 1. The summed E-state index contributed by atoms with van der Waals surface area (Å²) in [7, 11) is 0. The van der Waals surface area contributed by atoms with E-state index in [1.54, 1.807) is 11.3 Å². The van der Waals surface area contributed by atoms with E-state index in [2.05, 4.69) is 10.4 Å². The van der Waals surface area contributed by atoms with Crippen LogP contribution < -0.4 is 5.73 Å². The molecule has 1 fully saturated rings. The Bertz CT molecular complexity index is 345. The number of thiocarbonyl (C=S) groups is 1. The van der Waals surface area contributed by atoms with Gasteiger partial charge in [-0.25, -0.2) is 4.98 Å². The predicted octanol–water partition coefficient (Wildman–Crippen LogP) is 1.87. The minimum absolute atomic E-state index is 0.517. The standard InChI is InChI=1S/C10H14N2OS2/c11-9(14)5-10-12-8(6-15-10)7-1-3-13-4-2-7/h6-7H,1-5H2,(H2,11,14). The molecule has 5 heteroatoms. The van der Waals surface area contributed by atoms with Crippen molar-refractivity contribution in [3.05, 3.63) is 16.1 Å². The van der Waals surface area contributed by atoms with Crippen LogP contribution in [0.25, 0.3) is 0 Å². The van der Waals surface area contributed by atoms with Crippen LogP contribution in [0.1, 0.15) is 29.5 Å². The maximum atomic E-state index is 5.49. The van der Waals surface area contributed by atoms with Gasteiger partial charge in [0.15, 0.2) is 0 Å². The molecular weight excluding hydrogens is 228 g/mol. The van der Waals surface area contributed by atoms with Crippen LogP contribution in [0.4, 0.5) is 0 Å². The fraction of sp³-hybridized carbons (Fsp3) is 0.600. The topological polar surface area (TPSA) is 48.1 Å². The van der Waals surface area contributed by atoms with Crippen molar-refractivity contribution in [2.75, 3.05) is 13.2 Å². The summed E-state index contributed by atoms with van der Waals surface area (Å²) in [5, 5.41) is 3.16. The van der Waals surface area contributed by atoms with E-state index in [1.165, 1.54) is 5.69 Å². The van der Waals surface area contributed by atoms with Crippen LogP contribution in [-0.2, 0) is 11.2 Å². The largest absolute Gasteiger partial charge is 0.393 e. The monoisotopic (exact) mass is 242 g/mol. The van der Waals surface area contributed by atoms with Crippen molar-refractivity contribution in [3.8, 4) is 0 Å². The minimum Gasteiger partial charge on any atom is -0.393 e. The van der Waals surface area contributed by atoms with Gasteiger partial charge in [0.05, 0.1) is 15.7 Å². The highest BCUT2D eigenvalue weighted by molar-refractivity contribution is 7.80. The maximum Gasteiger partial charge on any atom is 0.0995 e. The molecule has 2 N–H and O–H groups in total. The highest BCUT2D eigenvalue weighted by Crippen LogP contribution is 2.27. The Labute approximate surface area is 98.7 Å². The van der Waals surface area contributed by atoms with Gasteiger partial charge in [-0.15, -0.1) is 11.3 Å². The normalized spacial score (nSPS) is 17.9. The fourth-order valence-electron chi connectivity index (χ4n) is 1.74. The maximum absolute atomic E-state index is 5.49. The first-order chi connectivity index (χ1) is 7.25. The molecule has 1 aliphatic rings. The van der Waals surface area contributed by atoms with Gasteiger partial charge in [0.1, 0.15) is 0 Å². The van der Waals surface area contributed by atoms with Crippen molar-refractivity contribution < 1.29 is 4.74 Å². The van der Waals surface area contributed by atoms with Gasteiger partial charge >= 0.3 is 0 Å². The lowest BCUT2D eigenvalue weighted by Gasteiger charge is -2.19. The van der Waals surface area contributed by atoms with E-state index in [0.29, 0.717) is 17.3 Å². The molecule has 2 heterocycles. The summed E-state index contributed by atoms with van der Waals surface area (Å²) in [6.07, 6.45) is 2.79. The minimum atomic E-state index is 0.517. The second kappa shape index (κ2) is 5.01. The molecule has 0 aliphatic carbocycles. The Kier molecular flexibility index (Phi) is 3.66. The first-order valence-electron chi connectivity index (χ1n) is 5.06. The van der Waals surface area contributed by atoms with Crippen molar-refractivity contribution in [3.63, 3.8) is 0 Å². The number of thiazole rings is 1. The van der Waals surface area contributed by atoms with Gasteiger partial charge in [-0.05, 0) is 12.8 Å². The Hall–Kier alpha value is -0.520. The van der Waals surface area contributed by atoms with Crippen LogP contribution in [0.3, 0.4) is 0 Å². The summed E-state index contributed by atoms with van der Waals surface area (Å²) in [5.41, 5.74) is 6.68. The van der Waals surface area contributed by atoms with Gasteiger partial charge in [-0.3, -0.25) is 0 Å². The average Bonchev–Trinajstić information content (AvgIpc) is 2.67. The number of nitrogens with zero attached hydrogens (tertiary/aromatic N) is 1. The molecule has 1 aliphatic heterocycles. The van der Waals surface area contributed by atoms with Gasteiger partial charge in [0, 0.05) is 30.9 Å². The lowest BCUT2D eigenvalue weighted by atomic mass is 9.98. The van der Waals surface area contributed by atoms with Crippen LogP contribution in [-0.4, -0.2) is 23.2 Å². The Balaban J connectivity index is 2.02. The zero-order valence-electron chi connectivity index (χ0n) is 8.44. The Morgan fingerprint density at radius 2 is 2.33 bits per heavy atom. The summed E-state index contributed by atoms with van der Waals surface area (Å²) in [6, 6.07) is 0. The smallest absolute Gasteiger partial charge is 0.0995 e. The molecule has 3 nitrogen and oxygen atoms in total. The average molecular weight is 242 g/mol. The molecule has 0 radical (unpaired) electrons. The Morgan fingerprint density at radius 3 is 3.00 bits per heavy atom. The SMILES string of the molecule is NC(=S)Cc1nc(C2CCOCC2)cs1. The molecule has 0 spiro atoms. The lowest BCUT2D eigenvalue weighted by Crippen LogP contribution is -2.15. The Morgan fingerprint density at radius 1 is 1.60 bits per heavy atom. The van der Waals surface area contributed by atoms with E-state index < -0.39 is 0 Å². The van der Waals surface area contributed by atoms with Gasteiger partial charge in [-0.2, -0.15) is 0 Å². The molecule has 0 unspecified atom stereocenters. The molecule has 0 amide bonds. The van der Waals surface area contributed by atoms with Gasteiger partial charge in [0.2, 0.25) is 0 Å². The van der Waals surface area contributed by atoms with E-state index >= 15 is 0 Å². The molecule has 1 aromatic rings. The number of hydrogen-bond donors (Lipinski definition) is 1. The quantitative estimate of drug-likeness (QED) is 0.822. The highest BCUT2D eigenvalue weighted by atomic mass is 32.1. The third kappa shape index (κ3) is 2.96. The highest BCUT2D eigenvalue weighted by Gasteiger charge is 2.18. The predicted molar refractivity (Wildman–Crippen MR) is 65.4 cm³/mol. The summed E-state index contributed by atoms with van der Waals surface area (Å²) < 4.78 is 5.33. The molecule has 0 bridgehead atoms. The third-order valence-corrected chi connectivity index (χ3v) is 3.55. The second-order valence-corrected chi connectivity index (χ2v) is 5.16. The van der Waals surface area contributed by atoms with E-state index in [0.717, 1.165) is 31.1 Å². The van der Waals surface area contributed by atoms with Crippen LogP contribution >= 0.6 is 23.6 Å². The number of ether oxygens (including phenoxy) is 1. The zero-order valence-corrected chi connectivity index (χ0v) is 10.1. The van der Waals surface area contributed by atoms with Crippen LogP contribution in [0.5, 0.6) is 0 Å². The summed E-state index contributed by atoms with van der Waals surface area (Å²) in [5.74, 6) is 0.565. The van der Waals surface area contributed by atoms with Crippen LogP contribution in [0.15, 0.2) is 5.38 Å². The number of hydrogen-bond acceptors (Lipinski definition) is 4. The molecule has 15 heavy (non-hydrogen) atoms. The molecular formula is C10H14N2OS2. The van der Waals surface area contributed by atoms with Crippen molar-refractivity contribution in [2.45, 2.75) is 25.2 Å². The van der Waals surface area contributed by atoms with Gasteiger partial charge in [-0.1, -0.05) is 12.2 Å². The fourth-order valence-corrected chi connectivity index (χ4v) is 2.86. The first kappa shape index (κ1) is 11.0. The summed E-state index contributed by atoms with van der Waals surface area (Å²) in [6.45, 7) is 1.71. The molecule has 0 atom stereocenters. The zero-order chi connectivity index (χ0) is 10.7. The number of nitrogens with two attached hydrogens (primary N) is 1. The van der Waals surface area contributed by atoms with Crippen molar-refractivity contribution in [1.29, 1.82) is 0 Å². The first-order valence-corrected chi connectivity index (χ1v) is 6.35. The molecule has 82 valence electrons. The van der Waals surface area contributed by atoms with Crippen molar-refractivity contribution >= 4 is 28.5 Å². The van der Waals surface area contributed by atoms with Gasteiger partial charge in [0.25, 0.3) is 0 Å². The van der Waals surface area contributed by atoms with E-state index in [4.69, 9.17) is 22.7 Å². The summed E-state index contributed by atoms with van der Waals surface area (Å²) in [4.78, 5) is 5.09. The molecule has 1 saturated heterocycles. The molecule has 0 saturated carbocycles. The van der Waals surface area contributed by atoms with E-state index in [9.17, 15) is 0 Å². The molecule has 1 aromatic heterocycles. The van der Waals surface area contributed by atoms with Crippen LogP contribution in [0.2, 0.25) is 0 Å². The third-order valence-electron chi connectivity index (χ3n) is 2.53. The second-order valence-electron chi connectivity index (χ2n) is 3.70. The number of rotatable bonds is 3. The van der Waals surface area contributed by atoms with Crippen molar-refractivity contribution in [1.82, 2.24) is 4.98 Å². The van der Waals surface area contributed by atoms with E-state index in [-0.39, 0.29) is 0 Å².